The number of carbonyl (C=O) groups is 1. The number of nitrogens with one attached hydrogen (secondary N) is 1. The fourth-order valence-corrected chi connectivity index (χ4v) is 5.29. The quantitative estimate of drug-likeness (QED) is 0.415. The summed E-state index contributed by atoms with van der Waals surface area (Å²) in [5, 5.41) is 4.16. The molecule has 2 saturated heterocycles. The molecule has 1 N–H and O–H groups in total. The van der Waals surface area contributed by atoms with E-state index in [1.54, 1.807) is 48.0 Å². The maximum Gasteiger partial charge on any atom is 0.319 e. The number of piperazine rings is 1. The Balaban J connectivity index is 1.23. The molecule has 2 fully saturated rings. The predicted octanol–water partition coefficient (Wildman–Crippen LogP) is 3.36. The second-order valence-corrected chi connectivity index (χ2v) is 10.8. The lowest BCUT2D eigenvalue weighted by atomic mass is 9.95. The highest BCUT2D eigenvalue weighted by atomic mass is 16.2. The van der Waals surface area contributed by atoms with Crippen LogP contribution in [0.1, 0.15) is 12.0 Å². The topological polar surface area (TPSA) is 89.8 Å². The van der Waals surface area contributed by atoms with E-state index in [4.69, 9.17) is 4.98 Å². The standard InChI is InChI=1S/C30H38N8O2/c1-5-22(2)37-20-24(21-37)11-12-38-27(39)10-9-25-18-31-29(33-28(25)38)32-26-8-6-7-23(17-26)19-35-13-15-36(16-14-35)30(40)34(3)4/h5-10,17-18,24H,1-2,11-16,19-21H2,3-4H3,(H,31,32,33). The van der Waals surface area contributed by atoms with Crippen molar-refractivity contribution in [2.24, 2.45) is 5.92 Å². The zero-order valence-electron chi connectivity index (χ0n) is 23.4. The second kappa shape index (κ2) is 11.9. The normalized spacial score (nSPS) is 16.1. The van der Waals surface area contributed by atoms with Gasteiger partial charge in [-0.15, -0.1) is 0 Å². The molecule has 0 saturated carbocycles. The van der Waals surface area contributed by atoms with Crippen LogP contribution in [0, 0.1) is 5.92 Å². The average Bonchev–Trinajstić information content (AvgIpc) is 2.93. The monoisotopic (exact) mass is 542 g/mol. The maximum absolute atomic E-state index is 12.8. The highest BCUT2D eigenvalue weighted by Crippen LogP contribution is 2.24. The number of urea groups is 1. The molecular formula is C30H38N8O2. The number of aryl methyl sites for hydroxylation is 1. The van der Waals surface area contributed by atoms with E-state index < -0.39 is 0 Å². The molecule has 0 aliphatic carbocycles. The number of likely N-dealkylation sites (tertiary alicyclic amines) is 1. The van der Waals surface area contributed by atoms with Crippen molar-refractivity contribution in [1.82, 2.24) is 34.1 Å². The molecule has 3 aromatic rings. The Morgan fingerprint density at radius 3 is 2.62 bits per heavy atom. The third-order valence-electron chi connectivity index (χ3n) is 7.70. The average molecular weight is 543 g/mol. The van der Waals surface area contributed by atoms with E-state index in [0.29, 0.717) is 24.1 Å². The zero-order valence-corrected chi connectivity index (χ0v) is 23.4. The lowest BCUT2D eigenvalue weighted by molar-refractivity contribution is 0.120. The molecule has 0 atom stereocenters. The first kappa shape index (κ1) is 27.4. The molecule has 0 spiro atoms. The molecule has 40 heavy (non-hydrogen) atoms. The Morgan fingerprint density at radius 1 is 1.12 bits per heavy atom. The molecule has 0 radical (unpaired) electrons. The van der Waals surface area contributed by atoms with Crippen molar-refractivity contribution in [3.8, 4) is 0 Å². The van der Waals surface area contributed by atoms with E-state index in [9.17, 15) is 9.59 Å². The molecule has 2 aliphatic rings. The van der Waals surface area contributed by atoms with Gasteiger partial charge in [0, 0.05) is 95.5 Å². The third-order valence-corrected chi connectivity index (χ3v) is 7.70. The van der Waals surface area contributed by atoms with E-state index in [0.717, 1.165) is 69.0 Å². The molecule has 0 bridgehead atoms. The molecule has 0 unspecified atom stereocenters. The lowest BCUT2D eigenvalue weighted by Gasteiger charge is -2.41. The van der Waals surface area contributed by atoms with E-state index in [1.807, 2.05) is 17.0 Å². The first-order chi connectivity index (χ1) is 19.3. The number of fused-ring (bicyclic) bond motifs is 1. The fourth-order valence-electron chi connectivity index (χ4n) is 5.29. The van der Waals surface area contributed by atoms with Crippen molar-refractivity contribution in [3.05, 3.63) is 83.4 Å². The van der Waals surface area contributed by atoms with Gasteiger partial charge in [-0.1, -0.05) is 25.3 Å². The van der Waals surface area contributed by atoms with Gasteiger partial charge in [0.15, 0.2) is 0 Å². The van der Waals surface area contributed by atoms with Crippen LogP contribution >= 0.6 is 0 Å². The summed E-state index contributed by atoms with van der Waals surface area (Å²) in [6.45, 7) is 14.2. The molecule has 2 amide bonds. The number of nitrogens with zero attached hydrogens (tertiary/aromatic N) is 7. The summed E-state index contributed by atoms with van der Waals surface area (Å²) in [5.41, 5.74) is 3.59. The summed E-state index contributed by atoms with van der Waals surface area (Å²) in [6.07, 6.45) is 4.44. The molecule has 2 aromatic heterocycles. The molecule has 10 nitrogen and oxygen atoms in total. The van der Waals surface area contributed by atoms with E-state index in [-0.39, 0.29) is 11.6 Å². The largest absolute Gasteiger partial charge is 0.371 e. The van der Waals surface area contributed by atoms with Gasteiger partial charge in [0.05, 0.1) is 0 Å². The predicted molar refractivity (Wildman–Crippen MR) is 158 cm³/mol. The van der Waals surface area contributed by atoms with E-state index >= 15 is 0 Å². The van der Waals surface area contributed by atoms with Crippen LogP contribution in [-0.2, 0) is 13.1 Å². The lowest BCUT2D eigenvalue weighted by Crippen LogP contribution is -2.51. The molecule has 1 aromatic carbocycles. The van der Waals surface area contributed by atoms with Gasteiger partial charge in [-0.2, -0.15) is 4.98 Å². The Morgan fingerprint density at radius 2 is 1.90 bits per heavy atom. The number of hydrogen-bond acceptors (Lipinski definition) is 7. The summed E-state index contributed by atoms with van der Waals surface area (Å²) < 4.78 is 1.75. The maximum atomic E-state index is 12.8. The van der Waals surface area contributed by atoms with Crippen molar-refractivity contribution in [3.63, 3.8) is 0 Å². The summed E-state index contributed by atoms with van der Waals surface area (Å²) in [5.74, 6) is 0.967. The smallest absolute Gasteiger partial charge is 0.319 e. The van der Waals surface area contributed by atoms with Gasteiger partial charge in [0.25, 0.3) is 5.56 Å². The minimum atomic E-state index is -0.0572. The summed E-state index contributed by atoms with van der Waals surface area (Å²) >= 11 is 0. The molecular weight excluding hydrogens is 504 g/mol. The number of amides is 2. The van der Waals surface area contributed by atoms with Crippen molar-refractivity contribution in [2.75, 3.05) is 58.7 Å². The van der Waals surface area contributed by atoms with Gasteiger partial charge in [-0.3, -0.25) is 14.3 Å². The van der Waals surface area contributed by atoms with Crippen molar-refractivity contribution < 1.29 is 4.79 Å². The van der Waals surface area contributed by atoms with Crippen molar-refractivity contribution >= 4 is 28.7 Å². The summed E-state index contributed by atoms with van der Waals surface area (Å²) in [4.78, 5) is 42.3. The zero-order chi connectivity index (χ0) is 28.2. The van der Waals surface area contributed by atoms with Crippen LogP contribution in [0.25, 0.3) is 11.0 Å². The van der Waals surface area contributed by atoms with E-state index in [1.165, 1.54) is 5.56 Å². The minimum absolute atomic E-state index is 0.0572. The van der Waals surface area contributed by atoms with Gasteiger partial charge >= 0.3 is 6.03 Å². The Hall–Kier alpha value is -4.18. The van der Waals surface area contributed by atoms with Crippen molar-refractivity contribution in [2.45, 2.75) is 19.5 Å². The van der Waals surface area contributed by atoms with Crippen LogP contribution in [0.15, 0.2) is 72.3 Å². The first-order valence-corrected chi connectivity index (χ1v) is 13.8. The van der Waals surface area contributed by atoms with Crippen LogP contribution in [0.4, 0.5) is 16.4 Å². The van der Waals surface area contributed by atoms with Crippen LogP contribution in [0.3, 0.4) is 0 Å². The minimum Gasteiger partial charge on any atom is -0.371 e. The molecule has 4 heterocycles. The van der Waals surface area contributed by atoms with Gasteiger partial charge < -0.3 is 20.0 Å². The number of pyridine rings is 1. The number of rotatable bonds is 9. The molecule has 5 rings (SSSR count). The number of carbonyl (C=O) groups excluding carboxylic acids is 1. The fraction of sp³-hybridized carbons (Fsp3) is 0.400. The number of allylic oxidation sites excluding steroid dienone is 1. The van der Waals surface area contributed by atoms with Gasteiger partial charge in [-0.05, 0) is 42.2 Å². The Kier molecular flexibility index (Phi) is 8.16. The van der Waals surface area contributed by atoms with E-state index in [2.05, 4.69) is 45.4 Å². The first-order valence-electron chi connectivity index (χ1n) is 13.8. The molecule has 10 heteroatoms. The van der Waals surface area contributed by atoms with Crippen molar-refractivity contribution in [1.29, 1.82) is 0 Å². The summed E-state index contributed by atoms with van der Waals surface area (Å²) in [7, 11) is 3.58. The van der Waals surface area contributed by atoms with Crippen LogP contribution < -0.4 is 10.9 Å². The number of hydrogen-bond donors (Lipinski definition) is 1. The Labute approximate surface area is 235 Å². The second-order valence-electron chi connectivity index (χ2n) is 10.8. The van der Waals surface area contributed by atoms with Gasteiger partial charge in [-0.25, -0.2) is 9.78 Å². The number of benzene rings is 1. The van der Waals surface area contributed by atoms with Gasteiger partial charge in [0.1, 0.15) is 5.65 Å². The number of anilines is 2. The highest BCUT2D eigenvalue weighted by molar-refractivity contribution is 5.76. The third kappa shape index (κ3) is 6.17. The molecule has 210 valence electrons. The molecule has 2 aliphatic heterocycles. The number of aromatic nitrogens is 3. The van der Waals surface area contributed by atoms with Crippen LogP contribution in [0.2, 0.25) is 0 Å². The van der Waals surface area contributed by atoms with Crippen LogP contribution in [0.5, 0.6) is 0 Å². The van der Waals surface area contributed by atoms with Crippen LogP contribution in [-0.4, -0.2) is 93.5 Å². The van der Waals surface area contributed by atoms with Gasteiger partial charge in [0.2, 0.25) is 5.95 Å². The Bertz CT molecular complexity index is 1450. The highest BCUT2D eigenvalue weighted by Gasteiger charge is 2.26. The summed E-state index contributed by atoms with van der Waals surface area (Å²) in [6, 6.07) is 11.6. The SMILES string of the molecule is C=CC(=C)N1CC(CCn2c(=O)ccc3cnc(Nc4cccc(CN5CCN(C(=O)N(C)C)CC5)c4)nc32)C1.